The zero-order valence-corrected chi connectivity index (χ0v) is 18.8. The van der Waals surface area contributed by atoms with Crippen molar-refractivity contribution in [1.82, 2.24) is 0 Å². The molecule has 35 heavy (non-hydrogen) atoms. The van der Waals surface area contributed by atoms with Gasteiger partial charge in [0.1, 0.15) is 17.1 Å². The predicted octanol–water partition coefficient (Wildman–Crippen LogP) is 6.14. The number of rotatable bonds is 7. The van der Waals surface area contributed by atoms with Crippen molar-refractivity contribution in [3.05, 3.63) is 88.5 Å². The maximum absolute atomic E-state index is 13.0. The first-order valence-electron chi connectivity index (χ1n) is 10.4. The first-order valence-corrected chi connectivity index (χ1v) is 10.4. The smallest absolute Gasteiger partial charge is 0.273 e. The molecule has 0 atom stereocenters. The van der Waals surface area contributed by atoms with Gasteiger partial charge >= 0.3 is 0 Å². The van der Waals surface area contributed by atoms with Crippen LogP contribution < -0.4 is 14.8 Å². The Balaban J connectivity index is 1.74. The molecule has 0 fully saturated rings. The molecule has 4 aromatic carbocycles. The van der Waals surface area contributed by atoms with E-state index in [0.717, 1.165) is 0 Å². The number of carbonyl (C=O) groups excluding carboxylic acids is 1. The van der Waals surface area contributed by atoms with E-state index >= 15 is 0 Å². The molecule has 10 nitrogen and oxygen atoms in total. The van der Waals surface area contributed by atoms with Crippen molar-refractivity contribution >= 4 is 39.4 Å². The highest BCUT2D eigenvalue weighted by Gasteiger charge is 2.19. The summed E-state index contributed by atoms with van der Waals surface area (Å²) in [6.07, 6.45) is 0. The predicted molar refractivity (Wildman–Crippen MR) is 130 cm³/mol. The Labute approximate surface area is 199 Å². The molecule has 0 saturated carbocycles. The molecule has 0 aliphatic heterocycles. The van der Waals surface area contributed by atoms with Crippen molar-refractivity contribution < 1.29 is 24.3 Å². The van der Waals surface area contributed by atoms with Crippen LogP contribution in [0.3, 0.4) is 0 Å². The first kappa shape index (κ1) is 23.2. The number of fused-ring (bicyclic) bond motifs is 1. The standard InChI is InChI=1S/C25H20N4O6/c1-34-18-10-7-16(8-11-18)26-25(31)20-13-15-5-3-4-6-19(15)23(24(20)30)28-27-21-12-9-17(29(32)33)14-22(21)35-2/h3-14,30H,1-2H3,(H,26,31). The van der Waals surface area contributed by atoms with Crippen molar-refractivity contribution in [3.63, 3.8) is 0 Å². The molecular formula is C25H20N4O6. The van der Waals surface area contributed by atoms with Gasteiger partial charge < -0.3 is 19.9 Å². The van der Waals surface area contributed by atoms with Crippen molar-refractivity contribution in [2.24, 2.45) is 10.2 Å². The first-order chi connectivity index (χ1) is 16.9. The van der Waals surface area contributed by atoms with Crippen molar-refractivity contribution in [1.29, 1.82) is 0 Å². The average Bonchev–Trinajstić information content (AvgIpc) is 2.88. The lowest BCUT2D eigenvalue weighted by Gasteiger charge is -2.11. The molecule has 0 spiro atoms. The highest BCUT2D eigenvalue weighted by Crippen LogP contribution is 2.41. The molecule has 2 N–H and O–H groups in total. The highest BCUT2D eigenvalue weighted by molar-refractivity contribution is 6.11. The number of anilines is 1. The molecule has 0 aromatic heterocycles. The van der Waals surface area contributed by atoms with Gasteiger partial charge in [0, 0.05) is 17.1 Å². The number of nitro benzene ring substituents is 1. The second-order valence-corrected chi connectivity index (χ2v) is 7.34. The molecule has 0 heterocycles. The zero-order chi connectivity index (χ0) is 24.9. The minimum Gasteiger partial charge on any atom is -0.505 e. The van der Waals surface area contributed by atoms with Gasteiger partial charge in [-0.25, -0.2) is 0 Å². The van der Waals surface area contributed by atoms with Crippen LogP contribution in [0.4, 0.5) is 22.7 Å². The molecule has 10 heteroatoms. The highest BCUT2D eigenvalue weighted by atomic mass is 16.6. The Hall–Kier alpha value is -4.99. The summed E-state index contributed by atoms with van der Waals surface area (Å²) < 4.78 is 10.3. The second kappa shape index (κ2) is 9.87. The summed E-state index contributed by atoms with van der Waals surface area (Å²) in [6.45, 7) is 0. The lowest BCUT2D eigenvalue weighted by Crippen LogP contribution is -2.12. The number of benzene rings is 4. The normalized spacial score (nSPS) is 10.9. The third-order valence-corrected chi connectivity index (χ3v) is 5.22. The van der Waals surface area contributed by atoms with Gasteiger partial charge in [0.25, 0.3) is 11.6 Å². The quantitative estimate of drug-likeness (QED) is 0.188. The molecular weight excluding hydrogens is 452 g/mol. The van der Waals surface area contributed by atoms with Gasteiger partial charge in [0.15, 0.2) is 11.5 Å². The second-order valence-electron chi connectivity index (χ2n) is 7.34. The number of methoxy groups -OCH3 is 2. The van der Waals surface area contributed by atoms with Gasteiger partial charge in [-0.2, -0.15) is 0 Å². The molecule has 0 unspecified atom stereocenters. The van der Waals surface area contributed by atoms with Crippen LogP contribution in [-0.4, -0.2) is 30.2 Å². The van der Waals surface area contributed by atoms with E-state index in [0.29, 0.717) is 22.2 Å². The number of carbonyl (C=O) groups is 1. The summed E-state index contributed by atoms with van der Waals surface area (Å²) in [4.78, 5) is 23.5. The topological polar surface area (TPSA) is 136 Å². The van der Waals surface area contributed by atoms with Crippen molar-refractivity contribution in [2.75, 3.05) is 19.5 Å². The SMILES string of the molecule is COc1ccc(NC(=O)c2cc3ccccc3c(N=Nc3ccc([N+](=O)[O-])cc3OC)c2O)cc1. The van der Waals surface area contributed by atoms with Crippen LogP contribution in [0.2, 0.25) is 0 Å². The minimum atomic E-state index is -0.548. The number of nitrogens with zero attached hydrogens (tertiary/aromatic N) is 3. The maximum Gasteiger partial charge on any atom is 0.273 e. The van der Waals surface area contributed by atoms with Gasteiger partial charge in [-0.1, -0.05) is 24.3 Å². The van der Waals surface area contributed by atoms with Crippen molar-refractivity contribution in [3.8, 4) is 17.2 Å². The van der Waals surface area contributed by atoms with E-state index in [1.807, 2.05) is 0 Å². The summed E-state index contributed by atoms with van der Waals surface area (Å²) in [5, 5.41) is 34.3. The van der Waals surface area contributed by atoms with Crippen LogP contribution >= 0.6 is 0 Å². The summed E-state index contributed by atoms with van der Waals surface area (Å²) in [5.41, 5.74) is 0.649. The van der Waals surface area contributed by atoms with Crippen LogP contribution in [0.15, 0.2) is 83.0 Å². The number of nitrogens with one attached hydrogen (secondary N) is 1. The van der Waals surface area contributed by atoms with E-state index in [9.17, 15) is 20.0 Å². The number of nitro groups is 1. The monoisotopic (exact) mass is 472 g/mol. The third kappa shape index (κ3) is 4.86. The Kier molecular flexibility index (Phi) is 6.54. The summed E-state index contributed by atoms with van der Waals surface area (Å²) in [7, 11) is 2.90. The molecule has 4 aromatic rings. The van der Waals surface area contributed by atoms with Gasteiger partial charge in [-0.15, -0.1) is 10.2 Å². The number of amides is 1. The molecule has 0 bridgehead atoms. The summed E-state index contributed by atoms with van der Waals surface area (Å²) in [6, 6.07) is 19.3. The third-order valence-electron chi connectivity index (χ3n) is 5.22. The van der Waals surface area contributed by atoms with Crippen LogP contribution in [0.25, 0.3) is 10.8 Å². The number of azo groups is 1. The fraction of sp³-hybridized carbons (Fsp3) is 0.0800. The van der Waals surface area contributed by atoms with E-state index < -0.39 is 10.8 Å². The lowest BCUT2D eigenvalue weighted by atomic mass is 10.0. The number of aromatic hydroxyl groups is 1. The minimum absolute atomic E-state index is 0.00383. The molecule has 0 radical (unpaired) electrons. The number of hydrogen-bond acceptors (Lipinski definition) is 8. The van der Waals surface area contributed by atoms with Crippen molar-refractivity contribution in [2.45, 2.75) is 0 Å². The molecule has 176 valence electrons. The Morgan fingerprint density at radius 3 is 2.40 bits per heavy atom. The number of ether oxygens (including phenoxy) is 2. The summed E-state index contributed by atoms with van der Waals surface area (Å²) >= 11 is 0. The Bertz CT molecular complexity index is 1450. The van der Waals surface area contributed by atoms with Gasteiger partial charge in [0.05, 0.1) is 30.8 Å². The van der Waals surface area contributed by atoms with Crippen LogP contribution in [0.5, 0.6) is 17.2 Å². The lowest BCUT2D eigenvalue weighted by molar-refractivity contribution is -0.384. The Morgan fingerprint density at radius 1 is 0.971 bits per heavy atom. The fourth-order valence-electron chi connectivity index (χ4n) is 3.43. The number of phenols is 1. The number of non-ortho nitro benzene ring substituents is 1. The van der Waals surface area contributed by atoms with E-state index in [1.165, 1.54) is 25.3 Å². The molecule has 0 saturated heterocycles. The van der Waals surface area contributed by atoms with E-state index in [4.69, 9.17) is 9.47 Å². The Morgan fingerprint density at radius 2 is 1.71 bits per heavy atom. The number of phenolic OH excluding ortho intramolecular Hbond substituents is 1. The van der Waals surface area contributed by atoms with Crippen LogP contribution in [0, 0.1) is 10.1 Å². The number of hydrogen-bond donors (Lipinski definition) is 2. The maximum atomic E-state index is 13.0. The van der Waals surface area contributed by atoms with E-state index in [1.54, 1.807) is 61.7 Å². The largest absolute Gasteiger partial charge is 0.505 e. The summed E-state index contributed by atoms with van der Waals surface area (Å²) in [5.74, 6) is -0.122. The fourth-order valence-corrected chi connectivity index (χ4v) is 3.43. The zero-order valence-electron chi connectivity index (χ0n) is 18.8. The average molecular weight is 472 g/mol. The molecule has 0 aliphatic rings. The molecule has 0 aliphatic carbocycles. The van der Waals surface area contributed by atoms with E-state index in [2.05, 4.69) is 15.5 Å². The molecule has 1 amide bonds. The van der Waals surface area contributed by atoms with E-state index in [-0.39, 0.29) is 34.1 Å². The van der Waals surface area contributed by atoms with Gasteiger partial charge in [-0.3, -0.25) is 14.9 Å². The molecule has 4 rings (SSSR count). The van der Waals surface area contributed by atoms with Crippen LogP contribution in [-0.2, 0) is 0 Å². The van der Waals surface area contributed by atoms with Crippen LogP contribution in [0.1, 0.15) is 10.4 Å². The van der Waals surface area contributed by atoms with Gasteiger partial charge in [-0.05, 0) is 41.8 Å². The van der Waals surface area contributed by atoms with Gasteiger partial charge in [0.2, 0.25) is 0 Å².